The fraction of sp³-hybridized carbons (Fsp3) is 0.706. The molecule has 1 saturated heterocycles. The Bertz CT molecular complexity index is 433. The molecule has 0 saturated carbocycles. The SMILES string of the molecule is CC(C)CNCc1cnccc1N(C)C1CCCN(C)C1. The Balaban J connectivity index is 2.03. The average molecular weight is 290 g/mol. The van der Waals surface area contributed by atoms with Gasteiger partial charge in [-0.2, -0.15) is 0 Å². The second-order valence-corrected chi connectivity index (χ2v) is 6.70. The monoisotopic (exact) mass is 290 g/mol. The van der Waals surface area contributed by atoms with Crippen LogP contribution in [0.5, 0.6) is 0 Å². The van der Waals surface area contributed by atoms with Crippen LogP contribution in [-0.4, -0.2) is 49.7 Å². The summed E-state index contributed by atoms with van der Waals surface area (Å²) in [6.07, 6.45) is 6.48. The van der Waals surface area contributed by atoms with Crippen molar-refractivity contribution in [3.8, 4) is 0 Å². The molecule has 0 amide bonds. The molecule has 21 heavy (non-hydrogen) atoms. The topological polar surface area (TPSA) is 31.4 Å². The highest BCUT2D eigenvalue weighted by Gasteiger charge is 2.22. The van der Waals surface area contributed by atoms with Crippen molar-refractivity contribution < 1.29 is 0 Å². The molecule has 1 fully saturated rings. The zero-order valence-electron chi connectivity index (χ0n) is 14.0. The molecule has 118 valence electrons. The van der Waals surface area contributed by atoms with Gasteiger partial charge in [-0.25, -0.2) is 0 Å². The predicted molar refractivity (Wildman–Crippen MR) is 89.7 cm³/mol. The van der Waals surface area contributed by atoms with Crippen molar-refractivity contribution in [2.24, 2.45) is 5.92 Å². The molecule has 1 aliphatic rings. The minimum Gasteiger partial charge on any atom is -0.370 e. The number of pyridine rings is 1. The summed E-state index contributed by atoms with van der Waals surface area (Å²) in [4.78, 5) is 9.19. The normalized spacial score (nSPS) is 20.0. The molecule has 1 N–H and O–H groups in total. The third-order valence-corrected chi connectivity index (χ3v) is 4.27. The summed E-state index contributed by atoms with van der Waals surface area (Å²) in [5.74, 6) is 0.676. The van der Waals surface area contributed by atoms with Crippen LogP contribution in [0.1, 0.15) is 32.3 Å². The van der Waals surface area contributed by atoms with Crippen LogP contribution >= 0.6 is 0 Å². The van der Waals surface area contributed by atoms with Gasteiger partial charge in [0.1, 0.15) is 0 Å². The van der Waals surface area contributed by atoms with Crippen molar-refractivity contribution in [1.82, 2.24) is 15.2 Å². The van der Waals surface area contributed by atoms with Gasteiger partial charge in [0.05, 0.1) is 0 Å². The Kier molecular flexibility index (Phi) is 6.00. The van der Waals surface area contributed by atoms with E-state index < -0.39 is 0 Å². The molecule has 1 aromatic heterocycles. The summed E-state index contributed by atoms with van der Waals surface area (Å²) in [6.45, 7) is 8.79. The number of nitrogens with one attached hydrogen (secondary N) is 1. The van der Waals surface area contributed by atoms with Crippen molar-refractivity contribution in [2.45, 2.75) is 39.3 Å². The first-order valence-corrected chi connectivity index (χ1v) is 8.13. The van der Waals surface area contributed by atoms with E-state index in [9.17, 15) is 0 Å². The smallest absolute Gasteiger partial charge is 0.0443 e. The lowest BCUT2D eigenvalue weighted by Gasteiger charge is -2.37. The van der Waals surface area contributed by atoms with Gasteiger partial charge < -0.3 is 15.1 Å². The molecular formula is C17H30N4. The molecule has 0 bridgehead atoms. The number of likely N-dealkylation sites (tertiary alicyclic amines) is 1. The maximum Gasteiger partial charge on any atom is 0.0443 e. The van der Waals surface area contributed by atoms with Gasteiger partial charge in [-0.05, 0) is 45.0 Å². The van der Waals surface area contributed by atoms with Crippen molar-refractivity contribution in [3.05, 3.63) is 24.0 Å². The van der Waals surface area contributed by atoms with Crippen LogP contribution in [0.2, 0.25) is 0 Å². The summed E-state index contributed by atoms with van der Waals surface area (Å²) >= 11 is 0. The van der Waals surface area contributed by atoms with E-state index in [-0.39, 0.29) is 0 Å². The minimum atomic E-state index is 0.606. The number of hydrogen-bond acceptors (Lipinski definition) is 4. The lowest BCUT2D eigenvalue weighted by atomic mass is 10.0. The number of hydrogen-bond donors (Lipinski definition) is 1. The van der Waals surface area contributed by atoms with Crippen LogP contribution < -0.4 is 10.2 Å². The molecule has 1 aromatic rings. The van der Waals surface area contributed by atoms with Crippen molar-refractivity contribution >= 4 is 5.69 Å². The number of nitrogens with zero attached hydrogens (tertiary/aromatic N) is 3. The lowest BCUT2D eigenvalue weighted by Crippen LogP contribution is -2.45. The Hall–Kier alpha value is -1.13. The number of likely N-dealkylation sites (N-methyl/N-ethyl adjacent to an activating group) is 2. The standard InChI is InChI=1S/C17H30N4/c1-14(2)10-19-12-15-11-18-8-7-17(15)21(4)16-6-5-9-20(3)13-16/h7-8,11,14,16,19H,5-6,9-10,12-13H2,1-4H3. The predicted octanol–water partition coefficient (Wildman–Crippen LogP) is 2.36. The molecule has 0 aromatic carbocycles. The van der Waals surface area contributed by atoms with E-state index in [1.54, 1.807) is 0 Å². The minimum absolute atomic E-state index is 0.606. The Labute approximate surface area is 129 Å². The maximum absolute atomic E-state index is 4.31. The van der Waals surface area contributed by atoms with Crippen LogP contribution in [0.15, 0.2) is 18.5 Å². The fourth-order valence-corrected chi connectivity index (χ4v) is 3.05. The third-order valence-electron chi connectivity index (χ3n) is 4.27. The lowest BCUT2D eigenvalue weighted by molar-refractivity contribution is 0.248. The molecule has 2 rings (SSSR count). The van der Waals surface area contributed by atoms with Gasteiger partial charge in [-0.1, -0.05) is 13.8 Å². The van der Waals surface area contributed by atoms with Crippen molar-refractivity contribution in [2.75, 3.05) is 38.6 Å². The summed E-state index contributed by atoms with van der Waals surface area (Å²) in [5, 5.41) is 3.53. The van der Waals surface area contributed by atoms with Gasteiger partial charge in [-0.3, -0.25) is 4.98 Å². The van der Waals surface area contributed by atoms with E-state index in [0.29, 0.717) is 12.0 Å². The molecule has 0 spiro atoms. The second kappa shape index (κ2) is 7.76. The average Bonchev–Trinajstić information content (AvgIpc) is 2.47. The van der Waals surface area contributed by atoms with Crippen LogP contribution in [0, 0.1) is 5.92 Å². The molecule has 4 nitrogen and oxygen atoms in total. The number of rotatable bonds is 6. The number of aromatic nitrogens is 1. The summed E-state index contributed by atoms with van der Waals surface area (Å²) < 4.78 is 0. The molecule has 1 atom stereocenters. The molecule has 1 aliphatic heterocycles. The van der Waals surface area contributed by atoms with Crippen molar-refractivity contribution in [1.29, 1.82) is 0 Å². The van der Waals surface area contributed by atoms with E-state index in [2.05, 4.69) is 54.1 Å². The largest absolute Gasteiger partial charge is 0.370 e. The number of anilines is 1. The Morgan fingerprint density at radius 3 is 3.00 bits per heavy atom. The van der Waals surface area contributed by atoms with Crippen LogP contribution in [0.3, 0.4) is 0 Å². The van der Waals surface area contributed by atoms with Gasteiger partial charge in [0.2, 0.25) is 0 Å². The fourth-order valence-electron chi connectivity index (χ4n) is 3.05. The van der Waals surface area contributed by atoms with Gasteiger partial charge >= 0.3 is 0 Å². The quantitative estimate of drug-likeness (QED) is 0.871. The molecule has 0 radical (unpaired) electrons. The summed E-state index contributed by atoms with van der Waals surface area (Å²) in [6, 6.07) is 2.76. The number of piperidine rings is 1. The molecule has 2 heterocycles. The highest BCUT2D eigenvalue weighted by atomic mass is 15.2. The first-order chi connectivity index (χ1) is 10.1. The zero-order chi connectivity index (χ0) is 15.2. The highest BCUT2D eigenvalue weighted by molar-refractivity contribution is 5.52. The van der Waals surface area contributed by atoms with Gasteiger partial charge in [0.15, 0.2) is 0 Å². The zero-order valence-corrected chi connectivity index (χ0v) is 14.0. The second-order valence-electron chi connectivity index (χ2n) is 6.70. The first kappa shape index (κ1) is 16.2. The first-order valence-electron chi connectivity index (χ1n) is 8.13. The van der Waals surface area contributed by atoms with E-state index in [4.69, 9.17) is 0 Å². The van der Waals surface area contributed by atoms with Crippen LogP contribution in [0.25, 0.3) is 0 Å². The van der Waals surface area contributed by atoms with Crippen LogP contribution in [-0.2, 0) is 6.54 Å². The van der Waals surface area contributed by atoms with E-state index in [1.807, 2.05) is 12.4 Å². The van der Waals surface area contributed by atoms with E-state index in [0.717, 1.165) is 19.6 Å². The van der Waals surface area contributed by atoms with E-state index in [1.165, 1.54) is 30.6 Å². The van der Waals surface area contributed by atoms with E-state index >= 15 is 0 Å². The Morgan fingerprint density at radius 2 is 2.29 bits per heavy atom. The molecular weight excluding hydrogens is 260 g/mol. The molecule has 0 aliphatic carbocycles. The van der Waals surface area contributed by atoms with Gasteiger partial charge in [-0.15, -0.1) is 0 Å². The van der Waals surface area contributed by atoms with Gasteiger partial charge in [0, 0.05) is 49.8 Å². The summed E-state index contributed by atoms with van der Waals surface area (Å²) in [7, 11) is 4.45. The third kappa shape index (κ3) is 4.68. The maximum atomic E-state index is 4.31. The van der Waals surface area contributed by atoms with Crippen LogP contribution in [0.4, 0.5) is 5.69 Å². The Morgan fingerprint density at radius 1 is 1.48 bits per heavy atom. The highest BCUT2D eigenvalue weighted by Crippen LogP contribution is 2.24. The van der Waals surface area contributed by atoms with Gasteiger partial charge in [0.25, 0.3) is 0 Å². The molecule has 1 unspecified atom stereocenters. The van der Waals surface area contributed by atoms with Crippen molar-refractivity contribution in [3.63, 3.8) is 0 Å². The summed E-state index contributed by atoms with van der Waals surface area (Å²) in [5.41, 5.74) is 2.62. The molecule has 4 heteroatoms.